The van der Waals surface area contributed by atoms with Crippen molar-refractivity contribution >= 4 is 5.91 Å². The Morgan fingerprint density at radius 3 is 2.61 bits per heavy atom. The molecule has 0 N–H and O–H groups in total. The predicted octanol–water partition coefficient (Wildman–Crippen LogP) is 2.13. The van der Waals surface area contributed by atoms with Gasteiger partial charge in [-0.25, -0.2) is 0 Å². The summed E-state index contributed by atoms with van der Waals surface area (Å²) in [4.78, 5) is 16.4. The minimum absolute atomic E-state index is 0.124. The highest BCUT2D eigenvalue weighted by Gasteiger charge is 2.30. The number of carbonyl (C=O) groups excluding carboxylic acids is 1. The summed E-state index contributed by atoms with van der Waals surface area (Å²) in [5.74, 6) is 0.149. The van der Waals surface area contributed by atoms with E-state index in [1.807, 2.05) is 41.0 Å². The maximum absolute atomic E-state index is 12.0. The third kappa shape index (κ3) is 3.29. The molecule has 0 bridgehead atoms. The lowest BCUT2D eigenvalue weighted by molar-refractivity contribution is -0.134. The lowest BCUT2D eigenvalue weighted by atomic mass is 10.0. The van der Waals surface area contributed by atoms with E-state index in [1.54, 1.807) is 6.92 Å². The molecule has 5 nitrogen and oxygen atoms in total. The monoisotopic (exact) mass is 312 g/mol. The second kappa shape index (κ2) is 6.54. The number of piperazine rings is 1. The van der Waals surface area contributed by atoms with Gasteiger partial charge in [0.05, 0.1) is 12.2 Å². The summed E-state index contributed by atoms with van der Waals surface area (Å²) in [7, 11) is 1.97. The van der Waals surface area contributed by atoms with E-state index in [4.69, 9.17) is 0 Å². The molecule has 1 aliphatic heterocycles. The Bertz CT molecular complexity index is 680. The Balaban J connectivity index is 1.78. The Morgan fingerprint density at radius 1 is 1.26 bits per heavy atom. The number of hydrogen-bond donors (Lipinski definition) is 0. The van der Waals surface area contributed by atoms with Crippen LogP contribution in [-0.4, -0.2) is 45.1 Å². The van der Waals surface area contributed by atoms with Gasteiger partial charge in [-0.05, 0) is 12.5 Å². The molecule has 3 rings (SSSR count). The number of benzene rings is 1. The van der Waals surface area contributed by atoms with Crippen LogP contribution in [-0.2, 0) is 18.4 Å². The molecule has 1 aromatic carbocycles. The summed E-state index contributed by atoms with van der Waals surface area (Å²) in [5.41, 5.74) is 3.67. The largest absolute Gasteiger partial charge is 0.333 e. The van der Waals surface area contributed by atoms with Crippen molar-refractivity contribution in [2.24, 2.45) is 7.05 Å². The van der Waals surface area contributed by atoms with Crippen LogP contribution in [0.4, 0.5) is 0 Å². The molecule has 0 unspecified atom stereocenters. The molecule has 0 aliphatic carbocycles. The van der Waals surface area contributed by atoms with Crippen molar-refractivity contribution in [3.63, 3.8) is 0 Å². The van der Waals surface area contributed by atoms with Gasteiger partial charge < -0.3 is 4.90 Å². The molecule has 1 aliphatic rings. The first-order valence-corrected chi connectivity index (χ1v) is 8.08. The van der Waals surface area contributed by atoms with Gasteiger partial charge in [0.1, 0.15) is 0 Å². The number of aryl methyl sites for hydroxylation is 1. The molecular weight excluding hydrogens is 288 g/mol. The second-order valence-corrected chi connectivity index (χ2v) is 6.25. The van der Waals surface area contributed by atoms with Gasteiger partial charge in [-0.15, -0.1) is 0 Å². The quantitative estimate of drug-likeness (QED) is 0.872. The standard InChI is InChI=1S/C18H24N4O/c1-14-17(11-19-20(14)3)12-21-9-10-22(15(2)23)18(13-21)16-7-5-4-6-8-16/h4-8,11,18H,9-10,12-13H2,1-3H3/t18-/m1/s1. The summed E-state index contributed by atoms with van der Waals surface area (Å²) in [6.45, 7) is 7.18. The van der Waals surface area contributed by atoms with E-state index in [0.29, 0.717) is 0 Å². The number of amides is 1. The van der Waals surface area contributed by atoms with Crippen LogP contribution in [0, 0.1) is 6.92 Å². The molecule has 5 heteroatoms. The molecule has 2 aromatic rings. The van der Waals surface area contributed by atoms with Crippen LogP contribution >= 0.6 is 0 Å². The van der Waals surface area contributed by atoms with Crippen molar-refractivity contribution < 1.29 is 4.79 Å². The fourth-order valence-corrected chi connectivity index (χ4v) is 3.26. The molecule has 23 heavy (non-hydrogen) atoms. The fourth-order valence-electron chi connectivity index (χ4n) is 3.26. The summed E-state index contributed by atoms with van der Waals surface area (Å²) in [6.07, 6.45) is 1.95. The summed E-state index contributed by atoms with van der Waals surface area (Å²) in [5, 5.41) is 4.33. The van der Waals surface area contributed by atoms with Crippen molar-refractivity contribution in [3.8, 4) is 0 Å². The highest BCUT2D eigenvalue weighted by atomic mass is 16.2. The molecule has 1 fully saturated rings. The van der Waals surface area contributed by atoms with Crippen LogP contribution in [0.2, 0.25) is 0 Å². The zero-order valence-corrected chi connectivity index (χ0v) is 14.1. The highest BCUT2D eigenvalue weighted by Crippen LogP contribution is 2.26. The highest BCUT2D eigenvalue weighted by molar-refractivity contribution is 5.74. The lowest BCUT2D eigenvalue weighted by Crippen LogP contribution is -2.49. The van der Waals surface area contributed by atoms with Gasteiger partial charge in [0.2, 0.25) is 5.91 Å². The van der Waals surface area contributed by atoms with E-state index in [9.17, 15) is 4.79 Å². The molecule has 1 aromatic heterocycles. The minimum Gasteiger partial charge on any atom is -0.333 e. The van der Waals surface area contributed by atoms with E-state index in [-0.39, 0.29) is 11.9 Å². The van der Waals surface area contributed by atoms with Gasteiger partial charge in [0.25, 0.3) is 0 Å². The summed E-state index contributed by atoms with van der Waals surface area (Å²) in [6, 6.07) is 10.4. The number of aromatic nitrogens is 2. The molecule has 0 radical (unpaired) electrons. The van der Waals surface area contributed by atoms with Crippen LogP contribution in [0.5, 0.6) is 0 Å². The van der Waals surface area contributed by atoms with Crippen LogP contribution in [0.15, 0.2) is 36.5 Å². The number of hydrogen-bond acceptors (Lipinski definition) is 3. The van der Waals surface area contributed by atoms with Crippen molar-refractivity contribution in [1.82, 2.24) is 19.6 Å². The first-order chi connectivity index (χ1) is 11.1. The molecule has 0 saturated carbocycles. The van der Waals surface area contributed by atoms with Gasteiger partial charge in [0, 0.05) is 51.4 Å². The van der Waals surface area contributed by atoms with E-state index >= 15 is 0 Å². The second-order valence-electron chi connectivity index (χ2n) is 6.25. The Labute approximate surface area is 137 Å². The number of nitrogens with zero attached hydrogens (tertiary/aromatic N) is 4. The maximum atomic E-state index is 12.0. The van der Waals surface area contributed by atoms with E-state index in [1.165, 1.54) is 16.8 Å². The van der Waals surface area contributed by atoms with Gasteiger partial charge in [-0.2, -0.15) is 5.10 Å². The number of rotatable bonds is 3. The third-order valence-corrected chi connectivity index (χ3v) is 4.78. The van der Waals surface area contributed by atoms with E-state index in [0.717, 1.165) is 26.2 Å². The molecule has 2 heterocycles. The van der Waals surface area contributed by atoms with Gasteiger partial charge in [-0.1, -0.05) is 30.3 Å². The molecule has 1 atom stereocenters. The first kappa shape index (κ1) is 15.7. The lowest BCUT2D eigenvalue weighted by Gasteiger charge is -2.41. The van der Waals surface area contributed by atoms with Crippen LogP contribution in [0.3, 0.4) is 0 Å². The van der Waals surface area contributed by atoms with E-state index in [2.05, 4.69) is 29.1 Å². The third-order valence-electron chi connectivity index (χ3n) is 4.78. The first-order valence-electron chi connectivity index (χ1n) is 8.08. The zero-order valence-electron chi connectivity index (χ0n) is 14.1. The molecule has 1 amide bonds. The van der Waals surface area contributed by atoms with Crippen LogP contribution < -0.4 is 0 Å². The molecule has 0 spiro atoms. The molecule has 122 valence electrons. The van der Waals surface area contributed by atoms with Crippen molar-refractivity contribution in [3.05, 3.63) is 53.3 Å². The van der Waals surface area contributed by atoms with Crippen molar-refractivity contribution in [2.45, 2.75) is 26.4 Å². The maximum Gasteiger partial charge on any atom is 0.220 e. The van der Waals surface area contributed by atoms with Crippen LogP contribution in [0.25, 0.3) is 0 Å². The van der Waals surface area contributed by atoms with Crippen LogP contribution in [0.1, 0.15) is 29.8 Å². The number of carbonyl (C=O) groups is 1. The Hall–Kier alpha value is -2.14. The molecule has 1 saturated heterocycles. The normalized spacial score (nSPS) is 19.1. The van der Waals surface area contributed by atoms with Crippen molar-refractivity contribution in [1.29, 1.82) is 0 Å². The topological polar surface area (TPSA) is 41.4 Å². The van der Waals surface area contributed by atoms with Crippen molar-refractivity contribution in [2.75, 3.05) is 19.6 Å². The minimum atomic E-state index is 0.124. The Kier molecular flexibility index (Phi) is 4.48. The Morgan fingerprint density at radius 2 is 2.00 bits per heavy atom. The van der Waals surface area contributed by atoms with Gasteiger partial charge in [0.15, 0.2) is 0 Å². The average molecular weight is 312 g/mol. The molecular formula is C18H24N4O. The van der Waals surface area contributed by atoms with Gasteiger partial charge >= 0.3 is 0 Å². The fraction of sp³-hybridized carbons (Fsp3) is 0.444. The zero-order chi connectivity index (χ0) is 16.4. The predicted molar refractivity (Wildman–Crippen MR) is 89.8 cm³/mol. The average Bonchev–Trinajstić information content (AvgIpc) is 2.87. The van der Waals surface area contributed by atoms with Gasteiger partial charge in [-0.3, -0.25) is 14.4 Å². The SMILES string of the molecule is CC(=O)N1CCN(Cc2cnn(C)c2C)C[C@@H]1c1ccccc1. The summed E-state index contributed by atoms with van der Waals surface area (Å²) < 4.78 is 1.91. The smallest absolute Gasteiger partial charge is 0.220 e. The van der Waals surface area contributed by atoms with E-state index < -0.39 is 0 Å². The summed E-state index contributed by atoms with van der Waals surface area (Å²) >= 11 is 0.